The maximum absolute atomic E-state index is 2.47. The molecule has 0 aromatic heterocycles. The molecule has 0 spiro atoms. The molecule has 15 heavy (non-hydrogen) atoms. The zero-order chi connectivity index (χ0) is 11.0. The van der Waals surface area contributed by atoms with Gasteiger partial charge in [0.15, 0.2) is 0 Å². The summed E-state index contributed by atoms with van der Waals surface area (Å²) in [4.78, 5) is 0. The van der Waals surface area contributed by atoms with E-state index in [-0.39, 0.29) is 0 Å². The Kier molecular flexibility index (Phi) is 2.68. The molecule has 1 unspecified atom stereocenters. The Bertz CT molecular complexity index is 386. The predicted octanol–water partition coefficient (Wildman–Crippen LogP) is 4.42. The van der Waals surface area contributed by atoms with Crippen molar-refractivity contribution in [1.82, 2.24) is 0 Å². The van der Waals surface area contributed by atoms with Crippen LogP contribution in [0.2, 0.25) is 0 Å². The maximum atomic E-state index is 2.47. The third kappa shape index (κ3) is 1.86. The molecule has 0 fully saturated rings. The van der Waals surface area contributed by atoms with Crippen LogP contribution in [-0.4, -0.2) is 0 Å². The highest BCUT2D eigenvalue weighted by Crippen LogP contribution is 2.36. The van der Waals surface area contributed by atoms with Gasteiger partial charge < -0.3 is 0 Å². The minimum atomic E-state index is 0.697. The Morgan fingerprint density at radius 2 is 1.80 bits per heavy atom. The van der Waals surface area contributed by atoms with Gasteiger partial charge in [0.1, 0.15) is 0 Å². The lowest BCUT2D eigenvalue weighted by Gasteiger charge is -2.15. The van der Waals surface area contributed by atoms with Crippen LogP contribution in [0.15, 0.2) is 46.6 Å². The van der Waals surface area contributed by atoms with E-state index in [1.807, 2.05) is 0 Å². The molecular formula is C15H20. The van der Waals surface area contributed by atoms with Gasteiger partial charge in [0.2, 0.25) is 0 Å². The first-order chi connectivity index (χ1) is 7.09. The summed E-state index contributed by atoms with van der Waals surface area (Å²) in [5, 5.41) is 0. The lowest BCUT2D eigenvalue weighted by Crippen LogP contribution is -2.04. The van der Waals surface area contributed by atoms with E-state index >= 15 is 0 Å². The van der Waals surface area contributed by atoms with E-state index in [1.165, 1.54) is 28.7 Å². The van der Waals surface area contributed by atoms with Crippen molar-refractivity contribution in [3.8, 4) is 0 Å². The Morgan fingerprint density at radius 3 is 2.47 bits per heavy atom. The fraction of sp³-hybridized carbons (Fsp3) is 0.467. The van der Waals surface area contributed by atoms with E-state index < -0.39 is 0 Å². The van der Waals surface area contributed by atoms with Crippen LogP contribution < -0.4 is 0 Å². The van der Waals surface area contributed by atoms with Gasteiger partial charge >= 0.3 is 0 Å². The lowest BCUT2D eigenvalue weighted by atomic mass is 9.90. The molecule has 80 valence electrons. The van der Waals surface area contributed by atoms with E-state index in [9.17, 15) is 0 Å². The molecule has 0 saturated heterocycles. The third-order valence-electron chi connectivity index (χ3n) is 3.57. The molecule has 1 atom stereocenters. The van der Waals surface area contributed by atoms with Crippen molar-refractivity contribution in [2.75, 3.05) is 0 Å². The quantitative estimate of drug-likeness (QED) is 0.587. The topological polar surface area (TPSA) is 0 Å². The third-order valence-corrected chi connectivity index (χ3v) is 3.57. The molecule has 0 radical (unpaired) electrons. The van der Waals surface area contributed by atoms with Gasteiger partial charge in [-0.3, -0.25) is 0 Å². The zero-order valence-electron chi connectivity index (χ0n) is 10.2. The van der Waals surface area contributed by atoms with E-state index in [0.717, 1.165) is 5.92 Å². The molecule has 0 bridgehead atoms. The van der Waals surface area contributed by atoms with Crippen LogP contribution in [0.4, 0.5) is 0 Å². The first kappa shape index (κ1) is 10.5. The molecule has 0 aliphatic heterocycles. The minimum absolute atomic E-state index is 0.697. The van der Waals surface area contributed by atoms with Gasteiger partial charge in [-0.05, 0) is 54.4 Å². The monoisotopic (exact) mass is 200 g/mol. The molecule has 0 aromatic carbocycles. The molecule has 0 saturated carbocycles. The average Bonchev–Trinajstić information content (AvgIpc) is 2.43. The second kappa shape index (κ2) is 3.84. The van der Waals surface area contributed by atoms with Crippen molar-refractivity contribution in [2.24, 2.45) is 11.8 Å². The number of rotatable bonds is 1. The van der Waals surface area contributed by atoms with Crippen molar-refractivity contribution in [3.05, 3.63) is 46.6 Å². The number of allylic oxidation sites excluding steroid dienone is 8. The number of fused-ring (bicyclic) bond motifs is 1. The van der Waals surface area contributed by atoms with E-state index in [2.05, 4.69) is 52.0 Å². The summed E-state index contributed by atoms with van der Waals surface area (Å²) in [5.74, 6) is 1.43. The summed E-state index contributed by atoms with van der Waals surface area (Å²) in [6, 6.07) is 0. The second-order valence-corrected chi connectivity index (χ2v) is 5.04. The molecule has 0 heterocycles. The van der Waals surface area contributed by atoms with Crippen LogP contribution in [0.3, 0.4) is 0 Å². The number of hydrogen-bond donors (Lipinski definition) is 0. The van der Waals surface area contributed by atoms with E-state index in [0.29, 0.717) is 5.92 Å². The largest absolute Gasteiger partial charge is 0.0804 e. The van der Waals surface area contributed by atoms with Gasteiger partial charge in [-0.15, -0.1) is 0 Å². The highest BCUT2D eigenvalue weighted by molar-refractivity contribution is 5.62. The van der Waals surface area contributed by atoms with Crippen LogP contribution in [0.25, 0.3) is 0 Å². The van der Waals surface area contributed by atoms with Crippen molar-refractivity contribution in [1.29, 1.82) is 0 Å². The highest BCUT2D eigenvalue weighted by atomic mass is 14.2. The fourth-order valence-electron chi connectivity index (χ4n) is 2.33. The second-order valence-electron chi connectivity index (χ2n) is 5.04. The zero-order valence-corrected chi connectivity index (χ0v) is 10.2. The summed E-state index contributed by atoms with van der Waals surface area (Å²) in [7, 11) is 0. The standard InChI is InChI=1S/C15H20/c1-10(2)13-7-5-11(3)14-8-6-12(4)15(14)9-13/h5-6,8-10,13H,7H2,1-4H3. The first-order valence-corrected chi connectivity index (χ1v) is 5.88. The molecule has 0 N–H and O–H groups in total. The normalized spacial score (nSPS) is 25.3. The van der Waals surface area contributed by atoms with Crippen molar-refractivity contribution >= 4 is 0 Å². The van der Waals surface area contributed by atoms with Crippen LogP contribution in [0.5, 0.6) is 0 Å². The molecule has 0 heteroatoms. The fourth-order valence-corrected chi connectivity index (χ4v) is 2.33. The van der Waals surface area contributed by atoms with Gasteiger partial charge in [0.05, 0.1) is 0 Å². The summed E-state index contributed by atoms with van der Waals surface area (Å²) < 4.78 is 0. The van der Waals surface area contributed by atoms with Gasteiger partial charge in [-0.2, -0.15) is 0 Å². The molecular weight excluding hydrogens is 180 g/mol. The Hall–Kier alpha value is -1.04. The van der Waals surface area contributed by atoms with Crippen LogP contribution >= 0.6 is 0 Å². The molecule has 0 aromatic rings. The van der Waals surface area contributed by atoms with Gasteiger partial charge in [-0.25, -0.2) is 0 Å². The van der Waals surface area contributed by atoms with E-state index in [4.69, 9.17) is 0 Å². The Labute approximate surface area is 93.1 Å². The summed E-state index contributed by atoms with van der Waals surface area (Å²) in [6.07, 6.45) is 10.6. The van der Waals surface area contributed by atoms with Crippen LogP contribution in [-0.2, 0) is 0 Å². The molecule has 0 amide bonds. The van der Waals surface area contributed by atoms with Gasteiger partial charge in [0.25, 0.3) is 0 Å². The summed E-state index contributed by atoms with van der Waals surface area (Å²) in [6.45, 7) is 9.07. The summed E-state index contributed by atoms with van der Waals surface area (Å²) >= 11 is 0. The molecule has 2 aliphatic rings. The smallest absolute Gasteiger partial charge is 0.0158 e. The highest BCUT2D eigenvalue weighted by Gasteiger charge is 2.20. The average molecular weight is 200 g/mol. The van der Waals surface area contributed by atoms with E-state index in [1.54, 1.807) is 0 Å². The van der Waals surface area contributed by atoms with Crippen LogP contribution in [0.1, 0.15) is 34.1 Å². The van der Waals surface area contributed by atoms with Gasteiger partial charge in [0, 0.05) is 0 Å². The first-order valence-electron chi connectivity index (χ1n) is 5.88. The Morgan fingerprint density at radius 1 is 1.07 bits per heavy atom. The SMILES string of the molecule is CC1=CC=C2C(C)=CCC(C(C)C)C=C12. The number of hydrogen-bond acceptors (Lipinski definition) is 0. The van der Waals surface area contributed by atoms with Crippen molar-refractivity contribution in [3.63, 3.8) is 0 Å². The lowest BCUT2D eigenvalue weighted by molar-refractivity contribution is 0.470. The molecule has 2 rings (SSSR count). The molecule has 0 nitrogen and oxygen atoms in total. The van der Waals surface area contributed by atoms with Gasteiger partial charge in [-0.1, -0.05) is 38.2 Å². The van der Waals surface area contributed by atoms with Crippen LogP contribution in [0, 0.1) is 11.8 Å². The predicted molar refractivity (Wildman–Crippen MR) is 66.6 cm³/mol. The Balaban J connectivity index is 2.41. The maximum Gasteiger partial charge on any atom is -0.0158 e. The minimum Gasteiger partial charge on any atom is -0.0804 e. The van der Waals surface area contributed by atoms with Crippen molar-refractivity contribution < 1.29 is 0 Å². The summed E-state index contributed by atoms with van der Waals surface area (Å²) in [5.41, 5.74) is 5.78. The molecule has 2 aliphatic carbocycles. The van der Waals surface area contributed by atoms with Crippen molar-refractivity contribution in [2.45, 2.75) is 34.1 Å².